The van der Waals surface area contributed by atoms with Gasteiger partial charge in [0.15, 0.2) is 11.5 Å². The summed E-state index contributed by atoms with van der Waals surface area (Å²) in [7, 11) is 0. The number of hydrogen-bond donors (Lipinski definition) is 1. The van der Waals surface area contributed by atoms with E-state index in [1.807, 2.05) is 42.5 Å². The predicted molar refractivity (Wildman–Crippen MR) is 117 cm³/mol. The van der Waals surface area contributed by atoms with Gasteiger partial charge in [-0.1, -0.05) is 30.3 Å². The average molecular weight is 448 g/mol. The Morgan fingerprint density at radius 2 is 1.73 bits per heavy atom. The lowest BCUT2D eigenvalue weighted by Gasteiger charge is -2.37. The third kappa shape index (κ3) is 3.99. The summed E-state index contributed by atoms with van der Waals surface area (Å²) in [5, 5.41) is 10.9. The molecule has 4 heterocycles. The minimum absolute atomic E-state index is 0.0151. The fourth-order valence-corrected chi connectivity index (χ4v) is 4.54. The van der Waals surface area contributed by atoms with Gasteiger partial charge in [0, 0.05) is 19.6 Å². The number of morpholine rings is 1. The van der Waals surface area contributed by atoms with Crippen LogP contribution in [-0.2, 0) is 9.53 Å². The number of aliphatic hydroxyl groups is 1. The summed E-state index contributed by atoms with van der Waals surface area (Å²) in [6, 6.07) is 15.0. The lowest BCUT2D eigenvalue weighted by molar-refractivity contribution is -0.130. The summed E-state index contributed by atoms with van der Waals surface area (Å²) >= 11 is 0. The molecule has 5 rings (SSSR count). The first-order valence-corrected chi connectivity index (χ1v) is 10.9. The topological polar surface area (TPSA) is 96.4 Å². The number of nitrogens with zero attached hydrogens (tertiary/aromatic N) is 2. The number of aliphatic hydroxyl groups excluding tert-OH is 1. The van der Waals surface area contributed by atoms with Gasteiger partial charge in [-0.25, -0.2) is 0 Å². The number of ether oxygens (including phenoxy) is 1. The maximum Gasteiger partial charge on any atom is 0.290 e. The first kappa shape index (κ1) is 21.2. The van der Waals surface area contributed by atoms with Gasteiger partial charge in [0.1, 0.15) is 5.76 Å². The maximum absolute atomic E-state index is 13.3. The summed E-state index contributed by atoms with van der Waals surface area (Å²) in [5.41, 5.74) is 0.742. The Balaban J connectivity index is 1.54. The number of ketones is 1. The number of carbonyl (C=O) groups is 2. The molecule has 0 aliphatic carbocycles. The molecular weight excluding hydrogens is 424 g/mol. The van der Waals surface area contributed by atoms with Crippen molar-refractivity contribution in [2.75, 3.05) is 32.8 Å². The largest absolute Gasteiger partial charge is 0.503 e. The Morgan fingerprint density at radius 1 is 1.00 bits per heavy atom. The summed E-state index contributed by atoms with van der Waals surface area (Å²) in [4.78, 5) is 30.3. The molecule has 33 heavy (non-hydrogen) atoms. The Hall–Kier alpha value is -3.62. The maximum atomic E-state index is 13.3. The normalized spacial score (nSPS) is 20.4. The number of Topliss-reactive ketones (excluding diaryl/α,β-unsaturated/α-hetero) is 1. The monoisotopic (exact) mass is 448 g/mol. The van der Waals surface area contributed by atoms with Crippen LogP contribution in [0, 0.1) is 0 Å². The van der Waals surface area contributed by atoms with Gasteiger partial charge in [0.2, 0.25) is 5.78 Å². The van der Waals surface area contributed by atoms with Crippen molar-refractivity contribution in [3.63, 3.8) is 0 Å². The third-order valence-electron chi connectivity index (χ3n) is 6.14. The van der Waals surface area contributed by atoms with Crippen LogP contribution in [0.25, 0.3) is 0 Å². The van der Waals surface area contributed by atoms with E-state index in [9.17, 15) is 14.7 Å². The summed E-state index contributed by atoms with van der Waals surface area (Å²) in [6.07, 6.45) is 2.99. The lowest BCUT2D eigenvalue weighted by atomic mass is 9.95. The number of carbonyl (C=O) groups excluding carboxylic acids is 2. The fraction of sp³-hybridized carbons (Fsp3) is 0.280. The van der Waals surface area contributed by atoms with Crippen molar-refractivity contribution in [2.45, 2.75) is 12.1 Å². The second-order valence-electron chi connectivity index (χ2n) is 8.02. The van der Waals surface area contributed by atoms with Crippen LogP contribution in [0.2, 0.25) is 0 Å². The first-order valence-electron chi connectivity index (χ1n) is 10.9. The van der Waals surface area contributed by atoms with Crippen LogP contribution >= 0.6 is 0 Å². The molecule has 2 aromatic heterocycles. The smallest absolute Gasteiger partial charge is 0.290 e. The number of benzene rings is 1. The SMILES string of the molecule is O=C(C1=C(O)C(=O)N(CC(c2ccco2)N2CCOCC2)C1c1ccccc1)c1ccco1. The van der Waals surface area contributed by atoms with Gasteiger partial charge in [-0.15, -0.1) is 0 Å². The summed E-state index contributed by atoms with van der Waals surface area (Å²) in [6.45, 7) is 2.75. The highest BCUT2D eigenvalue weighted by atomic mass is 16.5. The highest BCUT2D eigenvalue weighted by molar-refractivity contribution is 6.15. The van der Waals surface area contributed by atoms with Crippen molar-refractivity contribution in [1.29, 1.82) is 0 Å². The average Bonchev–Trinajstić information content (AvgIpc) is 3.62. The first-order chi connectivity index (χ1) is 16.1. The lowest BCUT2D eigenvalue weighted by Crippen LogP contribution is -2.45. The zero-order valence-electron chi connectivity index (χ0n) is 17.9. The van der Waals surface area contributed by atoms with Crippen molar-refractivity contribution in [2.24, 2.45) is 0 Å². The minimum Gasteiger partial charge on any atom is -0.503 e. The molecule has 0 spiro atoms. The van der Waals surface area contributed by atoms with Gasteiger partial charge in [-0.05, 0) is 29.8 Å². The van der Waals surface area contributed by atoms with E-state index in [1.54, 1.807) is 17.2 Å². The molecule has 0 radical (unpaired) electrons. The molecule has 1 amide bonds. The highest BCUT2D eigenvalue weighted by Crippen LogP contribution is 2.40. The van der Waals surface area contributed by atoms with Crippen LogP contribution in [0.1, 0.15) is 34.0 Å². The molecular formula is C25H24N2O6. The zero-order valence-corrected chi connectivity index (χ0v) is 17.9. The van der Waals surface area contributed by atoms with E-state index in [2.05, 4.69) is 4.90 Å². The predicted octanol–water partition coefficient (Wildman–Crippen LogP) is 3.52. The summed E-state index contributed by atoms with van der Waals surface area (Å²) < 4.78 is 16.5. The molecule has 3 aromatic rings. The zero-order chi connectivity index (χ0) is 22.8. The summed E-state index contributed by atoms with van der Waals surface area (Å²) in [5.74, 6) is -0.873. The number of amides is 1. The molecule has 1 fully saturated rings. The Bertz CT molecular complexity index is 1130. The van der Waals surface area contributed by atoms with E-state index < -0.39 is 23.5 Å². The molecule has 1 saturated heterocycles. The Labute approximate surface area is 190 Å². The van der Waals surface area contributed by atoms with E-state index in [-0.39, 0.29) is 23.9 Å². The van der Waals surface area contributed by atoms with Gasteiger partial charge < -0.3 is 23.6 Å². The molecule has 0 bridgehead atoms. The van der Waals surface area contributed by atoms with Gasteiger partial charge in [0.25, 0.3) is 5.91 Å². The van der Waals surface area contributed by atoms with E-state index >= 15 is 0 Å². The minimum atomic E-state index is -0.755. The van der Waals surface area contributed by atoms with E-state index in [4.69, 9.17) is 13.6 Å². The molecule has 2 aliphatic heterocycles. The molecule has 2 aliphatic rings. The van der Waals surface area contributed by atoms with Crippen LogP contribution in [0.15, 0.2) is 87.3 Å². The van der Waals surface area contributed by atoms with Crippen molar-refractivity contribution in [3.05, 3.63) is 95.5 Å². The molecule has 0 saturated carbocycles. The van der Waals surface area contributed by atoms with Gasteiger partial charge in [-0.3, -0.25) is 14.5 Å². The van der Waals surface area contributed by atoms with E-state index in [0.29, 0.717) is 32.1 Å². The van der Waals surface area contributed by atoms with Crippen molar-refractivity contribution in [3.8, 4) is 0 Å². The standard InChI is InChI=1S/C25H24N2O6/c28-23(20-9-5-13-33-20)21-22(17-6-2-1-3-7-17)27(25(30)24(21)29)16-18(19-8-4-12-32-19)26-10-14-31-15-11-26/h1-9,12-13,18,22,29H,10-11,14-16H2. The molecule has 2 atom stereocenters. The quantitative estimate of drug-likeness (QED) is 0.553. The fourth-order valence-electron chi connectivity index (χ4n) is 4.54. The van der Waals surface area contributed by atoms with Gasteiger partial charge >= 0.3 is 0 Å². The van der Waals surface area contributed by atoms with Crippen LogP contribution in [0.3, 0.4) is 0 Å². The van der Waals surface area contributed by atoms with Crippen molar-refractivity contribution < 1.29 is 28.3 Å². The molecule has 8 nitrogen and oxygen atoms in total. The second kappa shape index (κ2) is 9.09. The van der Waals surface area contributed by atoms with E-state index in [0.717, 1.165) is 5.56 Å². The van der Waals surface area contributed by atoms with Crippen molar-refractivity contribution >= 4 is 11.7 Å². The molecule has 8 heteroatoms. The molecule has 170 valence electrons. The van der Waals surface area contributed by atoms with E-state index in [1.165, 1.54) is 12.3 Å². The number of hydrogen-bond acceptors (Lipinski definition) is 7. The highest BCUT2D eigenvalue weighted by Gasteiger charge is 2.46. The molecule has 2 unspecified atom stereocenters. The Morgan fingerprint density at radius 3 is 2.39 bits per heavy atom. The second-order valence-corrected chi connectivity index (χ2v) is 8.02. The van der Waals surface area contributed by atoms with Gasteiger partial charge in [0.05, 0.1) is 43.4 Å². The molecule has 1 N–H and O–H groups in total. The molecule has 1 aromatic carbocycles. The van der Waals surface area contributed by atoms with Crippen LogP contribution in [-0.4, -0.2) is 59.4 Å². The number of rotatable bonds is 7. The number of furan rings is 2. The van der Waals surface area contributed by atoms with Gasteiger partial charge in [-0.2, -0.15) is 0 Å². The van der Waals surface area contributed by atoms with Crippen LogP contribution in [0.5, 0.6) is 0 Å². The Kier molecular flexibility index (Phi) is 5.85. The third-order valence-corrected chi connectivity index (χ3v) is 6.14. The van der Waals surface area contributed by atoms with Crippen LogP contribution < -0.4 is 0 Å². The van der Waals surface area contributed by atoms with Crippen molar-refractivity contribution in [1.82, 2.24) is 9.80 Å². The van der Waals surface area contributed by atoms with Crippen LogP contribution in [0.4, 0.5) is 0 Å².